The van der Waals surface area contributed by atoms with Crippen LogP contribution in [0.4, 0.5) is 0 Å². The molecule has 1 fully saturated rings. The first-order valence-corrected chi connectivity index (χ1v) is 7.80. The molecule has 0 aliphatic heterocycles. The van der Waals surface area contributed by atoms with Gasteiger partial charge in [-0.1, -0.05) is 19.3 Å². The molecule has 1 aromatic carbocycles. The molecule has 1 aliphatic carbocycles. The first-order valence-electron chi connectivity index (χ1n) is 7.27. The van der Waals surface area contributed by atoms with Gasteiger partial charge in [-0.2, -0.15) is 0 Å². The Kier molecular flexibility index (Phi) is 5.72. The highest BCUT2D eigenvalue weighted by molar-refractivity contribution is 6.18. The Morgan fingerprint density at radius 3 is 2.45 bits per heavy atom. The molecule has 2 rings (SSSR count). The molecule has 0 spiro atoms. The molecule has 0 unspecified atom stereocenters. The summed E-state index contributed by atoms with van der Waals surface area (Å²) in [5, 5.41) is 0. The minimum Gasteiger partial charge on any atom is -0.497 e. The van der Waals surface area contributed by atoms with E-state index in [0.717, 1.165) is 18.6 Å². The Hall–Kier alpha value is -1.22. The Balaban J connectivity index is 2.12. The number of carbonyl (C=O) groups excluding carboxylic acids is 1. The Labute approximate surface area is 125 Å². The molecule has 0 aromatic heterocycles. The molecule has 20 heavy (non-hydrogen) atoms. The maximum atomic E-state index is 12.7. The molecule has 1 amide bonds. The molecule has 1 saturated carbocycles. The summed E-state index contributed by atoms with van der Waals surface area (Å²) in [6, 6.07) is 7.65. The van der Waals surface area contributed by atoms with Crippen LogP contribution in [0.25, 0.3) is 0 Å². The van der Waals surface area contributed by atoms with Crippen LogP contribution >= 0.6 is 11.6 Å². The quantitative estimate of drug-likeness (QED) is 0.775. The van der Waals surface area contributed by atoms with Crippen molar-refractivity contribution in [3.8, 4) is 5.75 Å². The van der Waals surface area contributed by atoms with Crippen LogP contribution in [0.5, 0.6) is 5.75 Å². The van der Waals surface area contributed by atoms with Crippen LogP contribution in [-0.4, -0.2) is 36.4 Å². The van der Waals surface area contributed by atoms with Crippen LogP contribution in [0.3, 0.4) is 0 Å². The van der Waals surface area contributed by atoms with Crippen molar-refractivity contribution in [3.63, 3.8) is 0 Å². The minimum absolute atomic E-state index is 0.0835. The molecule has 3 nitrogen and oxygen atoms in total. The van der Waals surface area contributed by atoms with Crippen molar-refractivity contribution in [2.75, 3.05) is 19.5 Å². The van der Waals surface area contributed by atoms with Crippen LogP contribution in [0, 0.1) is 0 Å². The number of amides is 1. The second-order valence-corrected chi connectivity index (χ2v) is 5.59. The standard InChI is InChI=1S/C16H22ClNO2/c1-20-15-9-7-13(8-10-15)16(19)18(12-11-17)14-5-3-2-4-6-14/h7-10,14H,2-6,11-12H2,1H3. The summed E-state index contributed by atoms with van der Waals surface area (Å²) in [5.41, 5.74) is 0.710. The van der Waals surface area contributed by atoms with Gasteiger partial charge in [-0.05, 0) is 37.1 Å². The highest BCUT2D eigenvalue weighted by Crippen LogP contribution is 2.24. The second-order valence-electron chi connectivity index (χ2n) is 5.21. The molecular formula is C16H22ClNO2. The van der Waals surface area contributed by atoms with Crippen molar-refractivity contribution >= 4 is 17.5 Å². The van der Waals surface area contributed by atoms with Gasteiger partial charge in [0.05, 0.1) is 7.11 Å². The Bertz CT molecular complexity index is 427. The van der Waals surface area contributed by atoms with Crippen molar-refractivity contribution in [1.29, 1.82) is 0 Å². The molecule has 1 aromatic rings. The molecule has 0 saturated heterocycles. The smallest absolute Gasteiger partial charge is 0.254 e. The third kappa shape index (κ3) is 3.66. The SMILES string of the molecule is COc1ccc(C(=O)N(CCCl)C2CCCCC2)cc1. The predicted octanol–water partition coefficient (Wildman–Crippen LogP) is 3.71. The minimum atomic E-state index is 0.0835. The van der Waals surface area contributed by atoms with E-state index in [0.29, 0.717) is 24.0 Å². The van der Waals surface area contributed by atoms with Gasteiger partial charge in [0.1, 0.15) is 5.75 Å². The third-order valence-electron chi connectivity index (χ3n) is 3.94. The van der Waals surface area contributed by atoms with E-state index in [1.165, 1.54) is 19.3 Å². The lowest BCUT2D eigenvalue weighted by molar-refractivity contribution is 0.0649. The van der Waals surface area contributed by atoms with Crippen molar-refractivity contribution in [1.82, 2.24) is 4.90 Å². The highest BCUT2D eigenvalue weighted by atomic mass is 35.5. The number of benzene rings is 1. The van der Waals surface area contributed by atoms with Gasteiger partial charge in [0, 0.05) is 24.0 Å². The lowest BCUT2D eigenvalue weighted by Crippen LogP contribution is -2.42. The van der Waals surface area contributed by atoms with E-state index in [1.54, 1.807) is 7.11 Å². The van der Waals surface area contributed by atoms with Gasteiger partial charge < -0.3 is 9.64 Å². The monoisotopic (exact) mass is 295 g/mol. The second kappa shape index (κ2) is 7.53. The largest absolute Gasteiger partial charge is 0.497 e. The van der Waals surface area contributed by atoms with E-state index in [2.05, 4.69) is 0 Å². The van der Waals surface area contributed by atoms with Crippen LogP contribution in [0.2, 0.25) is 0 Å². The summed E-state index contributed by atoms with van der Waals surface area (Å²) < 4.78 is 5.13. The van der Waals surface area contributed by atoms with Crippen LogP contribution in [0.1, 0.15) is 42.5 Å². The number of carbonyl (C=O) groups is 1. The van der Waals surface area contributed by atoms with E-state index in [1.807, 2.05) is 29.2 Å². The lowest BCUT2D eigenvalue weighted by atomic mass is 9.93. The lowest BCUT2D eigenvalue weighted by Gasteiger charge is -2.34. The molecule has 4 heteroatoms. The van der Waals surface area contributed by atoms with E-state index in [-0.39, 0.29) is 5.91 Å². The zero-order chi connectivity index (χ0) is 14.4. The van der Waals surface area contributed by atoms with Crippen molar-refractivity contribution in [2.45, 2.75) is 38.1 Å². The van der Waals surface area contributed by atoms with E-state index in [4.69, 9.17) is 16.3 Å². The first kappa shape index (κ1) is 15.2. The number of halogens is 1. The van der Waals surface area contributed by atoms with E-state index in [9.17, 15) is 4.79 Å². The summed E-state index contributed by atoms with van der Waals surface area (Å²) in [7, 11) is 1.62. The molecule has 110 valence electrons. The average molecular weight is 296 g/mol. The first-order chi connectivity index (χ1) is 9.76. The summed E-state index contributed by atoms with van der Waals surface area (Å²) in [6.07, 6.45) is 5.89. The molecule has 1 aliphatic rings. The van der Waals surface area contributed by atoms with Crippen molar-refractivity contribution in [3.05, 3.63) is 29.8 Å². The summed E-state index contributed by atoms with van der Waals surface area (Å²) in [6.45, 7) is 0.622. The number of hydrogen-bond acceptors (Lipinski definition) is 2. The predicted molar refractivity (Wildman–Crippen MR) is 81.6 cm³/mol. The van der Waals surface area contributed by atoms with Crippen molar-refractivity contribution < 1.29 is 9.53 Å². The van der Waals surface area contributed by atoms with Gasteiger partial charge in [-0.15, -0.1) is 11.6 Å². The number of ether oxygens (including phenoxy) is 1. The van der Waals surface area contributed by atoms with Crippen molar-refractivity contribution in [2.24, 2.45) is 0 Å². The summed E-state index contributed by atoms with van der Waals surface area (Å²) >= 11 is 5.88. The maximum Gasteiger partial charge on any atom is 0.254 e. The fourth-order valence-electron chi connectivity index (χ4n) is 2.83. The van der Waals surface area contributed by atoms with Crippen LogP contribution in [-0.2, 0) is 0 Å². The zero-order valence-electron chi connectivity index (χ0n) is 12.0. The Morgan fingerprint density at radius 1 is 1.25 bits per heavy atom. The average Bonchev–Trinajstić information content (AvgIpc) is 2.53. The summed E-state index contributed by atoms with van der Waals surface area (Å²) in [4.78, 5) is 14.6. The fraction of sp³-hybridized carbons (Fsp3) is 0.562. The number of nitrogens with zero attached hydrogens (tertiary/aromatic N) is 1. The molecule has 0 radical (unpaired) electrons. The topological polar surface area (TPSA) is 29.5 Å². The van der Waals surface area contributed by atoms with Gasteiger partial charge in [0.15, 0.2) is 0 Å². The molecule has 0 bridgehead atoms. The fourth-order valence-corrected chi connectivity index (χ4v) is 3.02. The normalized spacial score (nSPS) is 15.9. The third-order valence-corrected chi connectivity index (χ3v) is 4.11. The summed E-state index contributed by atoms with van der Waals surface area (Å²) in [5.74, 6) is 1.33. The van der Waals surface area contributed by atoms with Gasteiger partial charge >= 0.3 is 0 Å². The van der Waals surface area contributed by atoms with Gasteiger partial charge in [0.2, 0.25) is 0 Å². The number of alkyl halides is 1. The molecule has 0 N–H and O–H groups in total. The molecule has 0 atom stereocenters. The number of hydrogen-bond donors (Lipinski definition) is 0. The number of rotatable bonds is 5. The van der Waals surface area contributed by atoms with Crippen LogP contribution in [0.15, 0.2) is 24.3 Å². The van der Waals surface area contributed by atoms with Crippen LogP contribution < -0.4 is 4.74 Å². The van der Waals surface area contributed by atoms with Gasteiger partial charge in [-0.3, -0.25) is 4.79 Å². The highest BCUT2D eigenvalue weighted by Gasteiger charge is 2.25. The van der Waals surface area contributed by atoms with Gasteiger partial charge in [-0.25, -0.2) is 0 Å². The maximum absolute atomic E-state index is 12.7. The number of methoxy groups -OCH3 is 1. The molecule has 0 heterocycles. The Morgan fingerprint density at radius 2 is 1.90 bits per heavy atom. The van der Waals surface area contributed by atoms with E-state index >= 15 is 0 Å². The van der Waals surface area contributed by atoms with E-state index < -0.39 is 0 Å². The van der Waals surface area contributed by atoms with Gasteiger partial charge in [0.25, 0.3) is 5.91 Å². The molecular weight excluding hydrogens is 274 g/mol. The zero-order valence-corrected chi connectivity index (χ0v) is 12.7.